The molecule has 124 valence electrons. The Kier molecular flexibility index (Phi) is 4.55. The number of carbonyl (C=O) groups is 3. The number of hydrogen-bond donors (Lipinski definition) is 2. The minimum atomic E-state index is -0.509. The second-order valence-corrected chi connectivity index (χ2v) is 5.43. The van der Waals surface area contributed by atoms with E-state index in [0.717, 1.165) is 0 Å². The molecule has 3 amide bonds. The SMILES string of the molecule is O=C(NNC(=O)C1CC(=O)N(Cc2ccco2)C1)c1ccncc1. The van der Waals surface area contributed by atoms with Crippen molar-refractivity contribution in [2.45, 2.75) is 13.0 Å². The fourth-order valence-corrected chi connectivity index (χ4v) is 2.49. The van der Waals surface area contributed by atoms with Crippen molar-refractivity contribution in [3.05, 3.63) is 54.2 Å². The maximum absolute atomic E-state index is 12.1. The molecular weight excluding hydrogens is 312 g/mol. The van der Waals surface area contributed by atoms with Crippen LogP contribution in [0.25, 0.3) is 0 Å². The third-order valence-electron chi connectivity index (χ3n) is 3.75. The first-order valence-electron chi connectivity index (χ1n) is 7.44. The van der Waals surface area contributed by atoms with E-state index >= 15 is 0 Å². The number of likely N-dealkylation sites (tertiary alicyclic amines) is 1. The normalized spacial score (nSPS) is 16.9. The summed E-state index contributed by atoms with van der Waals surface area (Å²) in [6.45, 7) is 0.621. The Bertz CT molecular complexity index is 730. The van der Waals surface area contributed by atoms with Crippen LogP contribution in [-0.4, -0.2) is 34.2 Å². The molecular formula is C16H16N4O4. The first kappa shape index (κ1) is 15.7. The fraction of sp³-hybridized carbons (Fsp3) is 0.250. The molecule has 0 bridgehead atoms. The van der Waals surface area contributed by atoms with Gasteiger partial charge < -0.3 is 9.32 Å². The number of amides is 3. The van der Waals surface area contributed by atoms with E-state index in [1.807, 2.05) is 0 Å². The van der Waals surface area contributed by atoms with Gasteiger partial charge in [-0.1, -0.05) is 0 Å². The van der Waals surface area contributed by atoms with Crippen LogP contribution >= 0.6 is 0 Å². The van der Waals surface area contributed by atoms with Crippen LogP contribution in [0.2, 0.25) is 0 Å². The molecule has 2 N–H and O–H groups in total. The minimum absolute atomic E-state index is 0.109. The summed E-state index contributed by atoms with van der Waals surface area (Å²) >= 11 is 0. The molecule has 1 unspecified atom stereocenters. The number of hydrogen-bond acceptors (Lipinski definition) is 5. The number of pyridine rings is 1. The zero-order chi connectivity index (χ0) is 16.9. The van der Waals surface area contributed by atoms with Crippen LogP contribution in [-0.2, 0) is 16.1 Å². The van der Waals surface area contributed by atoms with E-state index in [1.165, 1.54) is 30.8 Å². The lowest BCUT2D eigenvalue weighted by Crippen LogP contribution is -2.45. The van der Waals surface area contributed by atoms with E-state index in [1.54, 1.807) is 17.0 Å². The van der Waals surface area contributed by atoms with Gasteiger partial charge >= 0.3 is 0 Å². The van der Waals surface area contributed by atoms with Gasteiger partial charge in [0, 0.05) is 30.9 Å². The van der Waals surface area contributed by atoms with Crippen molar-refractivity contribution in [2.75, 3.05) is 6.54 Å². The summed E-state index contributed by atoms with van der Waals surface area (Å²) < 4.78 is 5.21. The van der Waals surface area contributed by atoms with Crippen molar-refractivity contribution >= 4 is 17.7 Å². The Morgan fingerprint density at radius 3 is 2.75 bits per heavy atom. The van der Waals surface area contributed by atoms with Gasteiger partial charge in [-0.2, -0.15) is 0 Å². The number of hydrazine groups is 1. The van der Waals surface area contributed by atoms with Gasteiger partial charge in [0.15, 0.2) is 0 Å². The number of rotatable bonds is 4. The van der Waals surface area contributed by atoms with Gasteiger partial charge in [0.05, 0.1) is 18.7 Å². The summed E-state index contributed by atoms with van der Waals surface area (Å²) in [6, 6.07) is 6.59. The Balaban J connectivity index is 1.51. The van der Waals surface area contributed by atoms with Crippen molar-refractivity contribution < 1.29 is 18.8 Å². The maximum Gasteiger partial charge on any atom is 0.269 e. The van der Waals surface area contributed by atoms with E-state index in [4.69, 9.17) is 4.42 Å². The van der Waals surface area contributed by atoms with E-state index in [0.29, 0.717) is 17.9 Å². The third-order valence-corrected chi connectivity index (χ3v) is 3.75. The Hall–Kier alpha value is -3.16. The molecule has 3 heterocycles. The van der Waals surface area contributed by atoms with Crippen LogP contribution in [0.4, 0.5) is 0 Å². The molecule has 0 radical (unpaired) electrons. The second-order valence-electron chi connectivity index (χ2n) is 5.43. The summed E-state index contributed by atoms with van der Waals surface area (Å²) in [5.41, 5.74) is 5.08. The van der Waals surface area contributed by atoms with Crippen molar-refractivity contribution in [2.24, 2.45) is 5.92 Å². The van der Waals surface area contributed by atoms with Gasteiger partial charge in [-0.25, -0.2) is 0 Å². The fourth-order valence-electron chi connectivity index (χ4n) is 2.49. The predicted octanol–water partition coefficient (Wildman–Crippen LogP) is 0.484. The highest BCUT2D eigenvalue weighted by Gasteiger charge is 2.34. The van der Waals surface area contributed by atoms with E-state index < -0.39 is 17.7 Å². The Morgan fingerprint density at radius 2 is 2.04 bits per heavy atom. The molecule has 1 saturated heterocycles. The molecule has 3 rings (SSSR count). The van der Waals surface area contributed by atoms with Crippen molar-refractivity contribution in [1.82, 2.24) is 20.7 Å². The van der Waals surface area contributed by atoms with Gasteiger partial charge in [-0.15, -0.1) is 0 Å². The molecule has 0 saturated carbocycles. The molecule has 1 aliphatic heterocycles. The number of nitrogens with zero attached hydrogens (tertiary/aromatic N) is 2. The molecule has 2 aromatic rings. The van der Waals surface area contributed by atoms with E-state index in [-0.39, 0.29) is 18.9 Å². The predicted molar refractivity (Wildman–Crippen MR) is 82.1 cm³/mol. The standard InChI is InChI=1S/C16H16N4O4/c21-14-8-12(9-20(14)10-13-2-1-7-24-13)16(23)19-18-15(22)11-3-5-17-6-4-11/h1-7,12H,8-10H2,(H,18,22)(H,19,23). The average molecular weight is 328 g/mol. The van der Waals surface area contributed by atoms with Crippen LogP contribution < -0.4 is 10.9 Å². The lowest BCUT2D eigenvalue weighted by Gasteiger charge is -2.15. The van der Waals surface area contributed by atoms with Crippen LogP contribution in [0.1, 0.15) is 22.5 Å². The van der Waals surface area contributed by atoms with Gasteiger partial charge in [-0.3, -0.25) is 30.2 Å². The second kappa shape index (κ2) is 6.95. The molecule has 0 spiro atoms. The first-order chi connectivity index (χ1) is 11.6. The summed E-state index contributed by atoms with van der Waals surface area (Å²) in [5.74, 6) is -0.803. The molecule has 1 atom stereocenters. The maximum atomic E-state index is 12.1. The van der Waals surface area contributed by atoms with E-state index in [2.05, 4.69) is 15.8 Å². The molecule has 2 aromatic heterocycles. The molecule has 8 heteroatoms. The average Bonchev–Trinajstić information content (AvgIpc) is 3.24. The van der Waals surface area contributed by atoms with Gasteiger partial charge in [0.2, 0.25) is 11.8 Å². The lowest BCUT2D eigenvalue weighted by atomic mass is 10.1. The van der Waals surface area contributed by atoms with Crippen LogP contribution in [0.15, 0.2) is 47.3 Å². The molecule has 0 aliphatic carbocycles. The first-order valence-corrected chi connectivity index (χ1v) is 7.44. The van der Waals surface area contributed by atoms with Crippen LogP contribution in [0.5, 0.6) is 0 Å². The lowest BCUT2D eigenvalue weighted by molar-refractivity contribution is -0.129. The van der Waals surface area contributed by atoms with Gasteiger partial charge in [0.1, 0.15) is 5.76 Å². The molecule has 1 fully saturated rings. The Labute approximate surface area is 137 Å². The highest BCUT2D eigenvalue weighted by Crippen LogP contribution is 2.20. The number of nitrogens with one attached hydrogen (secondary N) is 2. The Morgan fingerprint density at radius 1 is 1.25 bits per heavy atom. The zero-order valence-electron chi connectivity index (χ0n) is 12.8. The molecule has 1 aliphatic rings. The quantitative estimate of drug-likeness (QED) is 0.795. The number of carbonyl (C=O) groups excluding carboxylic acids is 3. The van der Waals surface area contributed by atoms with Crippen molar-refractivity contribution in [1.29, 1.82) is 0 Å². The zero-order valence-corrected chi connectivity index (χ0v) is 12.8. The summed E-state index contributed by atoms with van der Waals surface area (Å²) in [6.07, 6.45) is 4.62. The third kappa shape index (κ3) is 3.60. The van der Waals surface area contributed by atoms with Gasteiger partial charge in [0.25, 0.3) is 5.91 Å². The molecule has 0 aromatic carbocycles. The highest BCUT2D eigenvalue weighted by molar-refractivity contribution is 5.96. The highest BCUT2D eigenvalue weighted by atomic mass is 16.3. The number of aromatic nitrogens is 1. The largest absolute Gasteiger partial charge is 0.467 e. The summed E-state index contributed by atoms with van der Waals surface area (Å²) in [4.78, 5) is 41.4. The minimum Gasteiger partial charge on any atom is -0.467 e. The van der Waals surface area contributed by atoms with Crippen LogP contribution in [0, 0.1) is 5.92 Å². The summed E-state index contributed by atoms with van der Waals surface area (Å²) in [5, 5.41) is 0. The van der Waals surface area contributed by atoms with Crippen molar-refractivity contribution in [3.8, 4) is 0 Å². The topological polar surface area (TPSA) is 105 Å². The number of furan rings is 1. The monoisotopic (exact) mass is 328 g/mol. The summed E-state index contributed by atoms with van der Waals surface area (Å²) in [7, 11) is 0. The van der Waals surface area contributed by atoms with E-state index in [9.17, 15) is 14.4 Å². The molecule has 8 nitrogen and oxygen atoms in total. The van der Waals surface area contributed by atoms with Crippen LogP contribution in [0.3, 0.4) is 0 Å². The van der Waals surface area contributed by atoms with Crippen molar-refractivity contribution in [3.63, 3.8) is 0 Å². The molecule has 24 heavy (non-hydrogen) atoms. The van der Waals surface area contributed by atoms with Gasteiger partial charge in [-0.05, 0) is 24.3 Å². The smallest absolute Gasteiger partial charge is 0.269 e.